The maximum atomic E-state index is 14.2. The highest BCUT2D eigenvalue weighted by molar-refractivity contribution is 14.1. The smallest absolute Gasteiger partial charge is 0.134 e. The molecule has 0 aliphatic carbocycles. The Morgan fingerprint density at radius 2 is 1.09 bits per heavy atom. The fourth-order valence-electron chi connectivity index (χ4n) is 2.91. The first-order valence-electron chi connectivity index (χ1n) is 7.30. The number of hydrogen-bond donors (Lipinski definition) is 0. The van der Waals surface area contributed by atoms with Gasteiger partial charge in [-0.2, -0.15) is 0 Å². The molecule has 3 rings (SSSR count). The number of aryl methyl sites for hydroxylation is 2. The van der Waals surface area contributed by atoms with Crippen LogP contribution in [0.1, 0.15) is 11.1 Å². The second kappa shape index (κ2) is 6.40. The summed E-state index contributed by atoms with van der Waals surface area (Å²) in [4.78, 5) is 0. The third kappa shape index (κ3) is 2.90. The largest absolute Gasteiger partial charge is 0.206 e. The van der Waals surface area contributed by atoms with E-state index in [0.29, 0.717) is 5.56 Å². The summed E-state index contributed by atoms with van der Waals surface area (Å²) in [7, 11) is 0. The van der Waals surface area contributed by atoms with Gasteiger partial charge in [-0.05, 0) is 70.8 Å². The second-order valence-electron chi connectivity index (χ2n) is 5.53. The van der Waals surface area contributed by atoms with Crippen LogP contribution in [0.4, 0.5) is 8.78 Å². The third-order valence-electron chi connectivity index (χ3n) is 3.98. The van der Waals surface area contributed by atoms with E-state index < -0.39 is 11.6 Å². The first-order valence-corrected chi connectivity index (χ1v) is 8.38. The van der Waals surface area contributed by atoms with Crippen LogP contribution in [0.5, 0.6) is 0 Å². The van der Waals surface area contributed by atoms with E-state index in [0.717, 1.165) is 25.8 Å². The normalized spacial score (nSPS) is 10.8. The van der Waals surface area contributed by atoms with Gasteiger partial charge < -0.3 is 0 Å². The summed E-state index contributed by atoms with van der Waals surface area (Å²) in [5.74, 6) is -1.08. The first-order chi connectivity index (χ1) is 11.0. The van der Waals surface area contributed by atoms with Gasteiger partial charge in [0.1, 0.15) is 11.6 Å². The van der Waals surface area contributed by atoms with Crippen LogP contribution < -0.4 is 0 Å². The summed E-state index contributed by atoms with van der Waals surface area (Å²) >= 11 is 2.18. The summed E-state index contributed by atoms with van der Waals surface area (Å²) in [5, 5.41) is 0. The molecular weight excluding hydrogens is 405 g/mol. The lowest BCUT2D eigenvalue weighted by molar-refractivity contribution is 0.589. The van der Waals surface area contributed by atoms with E-state index >= 15 is 0 Å². The van der Waals surface area contributed by atoms with Gasteiger partial charge in [-0.1, -0.05) is 42.5 Å². The molecule has 0 radical (unpaired) electrons. The molecule has 0 aliphatic heterocycles. The van der Waals surface area contributed by atoms with Crippen molar-refractivity contribution in [2.75, 3.05) is 0 Å². The van der Waals surface area contributed by atoms with Crippen LogP contribution in [0.15, 0.2) is 54.6 Å². The van der Waals surface area contributed by atoms with Crippen molar-refractivity contribution < 1.29 is 8.78 Å². The van der Waals surface area contributed by atoms with Crippen molar-refractivity contribution in [3.05, 3.63) is 80.9 Å². The van der Waals surface area contributed by atoms with E-state index in [4.69, 9.17) is 0 Å². The number of hydrogen-bond acceptors (Lipinski definition) is 0. The van der Waals surface area contributed by atoms with Crippen molar-refractivity contribution in [2.24, 2.45) is 0 Å². The molecule has 0 saturated heterocycles. The van der Waals surface area contributed by atoms with Gasteiger partial charge in [0, 0.05) is 9.13 Å². The lowest BCUT2D eigenvalue weighted by atomic mass is 9.93. The summed E-state index contributed by atoms with van der Waals surface area (Å²) in [5.41, 5.74) is 5.03. The van der Waals surface area contributed by atoms with E-state index in [2.05, 4.69) is 48.6 Å². The van der Waals surface area contributed by atoms with Gasteiger partial charge in [-0.3, -0.25) is 0 Å². The Kier molecular flexibility index (Phi) is 4.48. The molecule has 116 valence electrons. The SMILES string of the molecule is Cc1cccc(C)c1-c1cccc(-c2c(F)cccc2F)c1I. The molecular formula is C20H15F2I. The lowest BCUT2D eigenvalue weighted by Crippen LogP contribution is -1.96. The second-order valence-corrected chi connectivity index (χ2v) is 6.61. The van der Waals surface area contributed by atoms with Crippen LogP contribution in [-0.4, -0.2) is 0 Å². The van der Waals surface area contributed by atoms with Crippen LogP contribution >= 0.6 is 22.6 Å². The van der Waals surface area contributed by atoms with Gasteiger partial charge in [0.2, 0.25) is 0 Å². The van der Waals surface area contributed by atoms with Crippen molar-refractivity contribution in [2.45, 2.75) is 13.8 Å². The zero-order valence-electron chi connectivity index (χ0n) is 12.8. The van der Waals surface area contributed by atoms with Gasteiger partial charge in [-0.15, -0.1) is 0 Å². The molecule has 23 heavy (non-hydrogen) atoms. The highest BCUT2D eigenvalue weighted by Gasteiger charge is 2.17. The highest BCUT2D eigenvalue weighted by atomic mass is 127. The standard InChI is InChI=1S/C20H15F2I/c1-12-6-3-7-13(2)18(12)14-8-4-9-15(20(14)23)19-16(21)10-5-11-17(19)22/h3-11H,1-2H3. The summed E-state index contributed by atoms with van der Waals surface area (Å²) in [6.45, 7) is 4.10. The molecule has 3 aromatic rings. The Morgan fingerprint density at radius 3 is 1.65 bits per heavy atom. The van der Waals surface area contributed by atoms with E-state index in [9.17, 15) is 8.78 Å². The molecule has 0 bridgehead atoms. The molecule has 0 saturated carbocycles. The van der Waals surface area contributed by atoms with Crippen LogP contribution in [0.2, 0.25) is 0 Å². The summed E-state index contributed by atoms with van der Waals surface area (Å²) in [6, 6.07) is 15.7. The maximum Gasteiger partial charge on any atom is 0.134 e. The Morgan fingerprint density at radius 1 is 0.652 bits per heavy atom. The van der Waals surface area contributed by atoms with Crippen LogP contribution in [0.25, 0.3) is 22.3 Å². The molecule has 0 N–H and O–H groups in total. The van der Waals surface area contributed by atoms with Crippen LogP contribution in [0, 0.1) is 29.1 Å². The quantitative estimate of drug-likeness (QED) is 0.414. The molecule has 0 unspecified atom stereocenters. The van der Waals surface area contributed by atoms with E-state index in [1.54, 1.807) is 6.07 Å². The highest BCUT2D eigenvalue weighted by Crippen LogP contribution is 2.38. The average Bonchev–Trinajstić information content (AvgIpc) is 2.50. The van der Waals surface area contributed by atoms with E-state index in [1.165, 1.54) is 18.2 Å². The zero-order valence-corrected chi connectivity index (χ0v) is 15.0. The molecule has 3 aromatic carbocycles. The van der Waals surface area contributed by atoms with Crippen molar-refractivity contribution in [3.63, 3.8) is 0 Å². The predicted molar refractivity (Wildman–Crippen MR) is 99.4 cm³/mol. The van der Waals surface area contributed by atoms with Gasteiger partial charge >= 0.3 is 0 Å². The summed E-state index contributed by atoms with van der Waals surface area (Å²) < 4.78 is 29.2. The molecule has 0 aromatic heterocycles. The predicted octanol–water partition coefficient (Wildman–Crippen LogP) is 6.52. The van der Waals surface area contributed by atoms with Crippen LogP contribution in [-0.2, 0) is 0 Å². The molecule has 3 heteroatoms. The number of rotatable bonds is 2. The van der Waals surface area contributed by atoms with Gasteiger partial charge in [0.05, 0.1) is 5.56 Å². The Labute approximate surface area is 148 Å². The Balaban J connectivity index is 2.29. The maximum absolute atomic E-state index is 14.2. The third-order valence-corrected chi connectivity index (χ3v) is 5.14. The molecule has 0 amide bonds. The number of halogens is 3. The zero-order chi connectivity index (χ0) is 16.6. The Hall–Kier alpha value is -1.75. The van der Waals surface area contributed by atoms with Gasteiger partial charge in [-0.25, -0.2) is 8.78 Å². The molecule has 0 aliphatic rings. The van der Waals surface area contributed by atoms with Crippen molar-refractivity contribution in [1.29, 1.82) is 0 Å². The number of benzene rings is 3. The molecule has 0 heterocycles. The molecule has 0 nitrogen and oxygen atoms in total. The minimum atomic E-state index is -0.540. The first kappa shape index (κ1) is 16.1. The van der Waals surface area contributed by atoms with Crippen molar-refractivity contribution in [1.82, 2.24) is 0 Å². The summed E-state index contributed by atoms with van der Waals surface area (Å²) in [6.07, 6.45) is 0. The lowest BCUT2D eigenvalue weighted by Gasteiger charge is -2.15. The minimum absolute atomic E-state index is 0.0324. The fourth-order valence-corrected chi connectivity index (χ4v) is 3.81. The van der Waals surface area contributed by atoms with Crippen molar-refractivity contribution in [3.8, 4) is 22.3 Å². The minimum Gasteiger partial charge on any atom is -0.206 e. The van der Waals surface area contributed by atoms with Crippen molar-refractivity contribution >= 4 is 22.6 Å². The Bertz CT molecular complexity index is 775. The molecule has 0 atom stereocenters. The fraction of sp³-hybridized carbons (Fsp3) is 0.100. The topological polar surface area (TPSA) is 0 Å². The van der Waals surface area contributed by atoms with E-state index in [1.807, 2.05) is 18.2 Å². The molecule has 0 fully saturated rings. The molecule has 0 spiro atoms. The van der Waals surface area contributed by atoms with Gasteiger partial charge in [0.15, 0.2) is 0 Å². The van der Waals surface area contributed by atoms with Crippen LogP contribution in [0.3, 0.4) is 0 Å². The van der Waals surface area contributed by atoms with E-state index in [-0.39, 0.29) is 5.56 Å². The van der Waals surface area contributed by atoms with Gasteiger partial charge in [0.25, 0.3) is 0 Å². The average molecular weight is 420 g/mol. The monoisotopic (exact) mass is 420 g/mol.